The fourth-order valence-corrected chi connectivity index (χ4v) is 3.81. The van der Waals surface area contributed by atoms with E-state index in [2.05, 4.69) is 10.1 Å². The average molecular weight is 494 g/mol. The van der Waals surface area contributed by atoms with E-state index in [4.69, 9.17) is 16.3 Å². The van der Waals surface area contributed by atoms with Crippen LogP contribution >= 0.6 is 11.6 Å². The molecule has 0 N–H and O–H groups in total. The average Bonchev–Trinajstić information content (AvgIpc) is 3.12. The second-order valence-electron chi connectivity index (χ2n) is 7.45. The largest absolute Gasteiger partial charge is 0.490 e. The highest BCUT2D eigenvalue weighted by atomic mass is 35.5. The van der Waals surface area contributed by atoms with Crippen LogP contribution in [0.5, 0.6) is 5.75 Å². The molecule has 34 heavy (non-hydrogen) atoms. The zero-order chi connectivity index (χ0) is 24.8. The van der Waals surface area contributed by atoms with Crippen molar-refractivity contribution < 1.29 is 17.9 Å². The monoisotopic (exact) mass is 493 g/mol. The van der Waals surface area contributed by atoms with Crippen molar-refractivity contribution in [3.05, 3.63) is 79.2 Å². The fraction of sp³-hybridized carbons (Fsp3) is 0.273. The molecular formula is C22H19ClF3N5O3. The second kappa shape index (κ2) is 8.64. The quantitative estimate of drug-likeness (QED) is 0.422. The van der Waals surface area contributed by atoms with E-state index in [1.807, 2.05) is 0 Å². The van der Waals surface area contributed by atoms with E-state index in [1.165, 1.54) is 24.8 Å². The van der Waals surface area contributed by atoms with Crippen molar-refractivity contribution in [1.29, 1.82) is 0 Å². The molecule has 4 aromatic rings. The van der Waals surface area contributed by atoms with Crippen LogP contribution in [0.4, 0.5) is 13.2 Å². The number of rotatable bonds is 5. The lowest BCUT2D eigenvalue weighted by atomic mass is 10.1. The van der Waals surface area contributed by atoms with Crippen molar-refractivity contribution in [2.45, 2.75) is 33.1 Å². The Morgan fingerprint density at radius 1 is 1.09 bits per heavy atom. The van der Waals surface area contributed by atoms with Crippen LogP contribution in [0, 0.1) is 6.92 Å². The first-order chi connectivity index (χ1) is 16.1. The molecule has 0 aliphatic rings. The van der Waals surface area contributed by atoms with Gasteiger partial charge in [-0.25, -0.2) is 19.1 Å². The first kappa shape index (κ1) is 23.6. The standard InChI is InChI=1S/C22H19ClF3N5O3/c1-4-29-21(33)31-19(28-29)17(13-5-8-15(23)9-6-13)18(34-3)20(32)30(31)11-14-7-10-16(22(24,25)26)27-12(14)2/h5-10H,4,11H2,1-3H3. The predicted molar refractivity (Wildman–Crippen MR) is 119 cm³/mol. The summed E-state index contributed by atoms with van der Waals surface area (Å²) in [6, 6.07) is 8.67. The van der Waals surface area contributed by atoms with Crippen molar-refractivity contribution in [2.75, 3.05) is 7.11 Å². The van der Waals surface area contributed by atoms with Crippen molar-refractivity contribution in [3.63, 3.8) is 0 Å². The van der Waals surface area contributed by atoms with Crippen LogP contribution in [0.3, 0.4) is 0 Å². The summed E-state index contributed by atoms with van der Waals surface area (Å²) in [5.41, 5.74) is -0.869. The minimum atomic E-state index is -4.60. The molecular weight excluding hydrogens is 475 g/mol. The lowest BCUT2D eigenvalue weighted by Crippen LogP contribution is -2.35. The zero-order valence-electron chi connectivity index (χ0n) is 18.4. The van der Waals surface area contributed by atoms with E-state index < -0.39 is 23.1 Å². The molecule has 0 saturated carbocycles. The molecule has 0 fully saturated rings. The maximum absolute atomic E-state index is 13.5. The van der Waals surface area contributed by atoms with Gasteiger partial charge in [0.25, 0.3) is 0 Å². The molecule has 0 unspecified atom stereocenters. The van der Waals surface area contributed by atoms with E-state index in [1.54, 1.807) is 31.2 Å². The number of alkyl halides is 3. The van der Waals surface area contributed by atoms with Crippen LogP contribution in [-0.4, -0.2) is 31.1 Å². The highest BCUT2D eigenvalue weighted by molar-refractivity contribution is 6.30. The van der Waals surface area contributed by atoms with Crippen molar-refractivity contribution in [1.82, 2.24) is 24.0 Å². The van der Waals surface area contributed by atoms with Crippen LogP contribution in [-0.2, 0) is 19.3 Å². The number of aromatic nitrogens is 5. The predicted octanol–water partition coefficient (Wildman–Crippen LogP) is 3.78. The number of nitrogens with zero attached hydrogens (tertiary/aromatic N) is 5. The molecule has 0 amide bonds. The first-order valence-electron chi connectivity index (χ1n) is 10.2. The van der Waals surface area contributed by atoms with Gasteiger partial charge in [0, 0.05) is 17.3 Å². The van der Waals surface area contributed by atoms with Gasteiger partial charge < -0.3 is 4.74 Å². The Balaban J connectivity index is 2.01. The number of benzene rings is 1. The lowest BCUT2D eigenvalue weighted by Gasteiger charge is -2.16. The summed E-state index contributed by atoms with van der Waals surface area (Å²) in [5.74, 6) is -0.0689. The molecule has 0 spiro atoms. The van der Waals surface area contributed by atoms with E-state index in [9.17, 15) is 22.8 Å². The molecule has 4 rings (SSSR count). The van der Waals surface area contributed by atoms with Gasteiger partial charge in [-0.05, 0) is 43.2 Å². The molecule has 12 heteroatoms. The molecule has 1 aromatic carbocycles. The highest BCUT2D eigenvalue weighted by Crippen LogP contribution is 2.32. The topological polar surface area (TPSA) is 83.4 Å². The number of ether oxygens (including phenoxy) is 1. The Hall–Kier alpha value is -3.60. The van der Waals surface area contributed by atoms with Gasteiger partial charge in [-0.15, -0.1) is 5.10 Å². The Morgan fingerprint density at radius 2 is 1.76 bits per heavy atom. The fourth-order valence-electron chi connectivity index (χ4n) is 3.68. The summed E-state index contributed by atoms with van der Waals surface area (Å²) in [4.78, 5) is 30.2. The van der Waals surface area contributed by atoms with E-state index >= 15 is 0 Å². The van der Waals surface area contributed by atoms with Gasteiger partial charge >= 0.3 is 17.4 Å². The Labute approximate surface area is 195 Å². The van der Waals surface area contributed by atoms with Crippen LogP contribution in [0.25, 0.3) is 16.8 Å². The number of pyridine rings is 1. The van der Waals surface area contributed by atoms with Gasteiger partial charge in [0.15, 0.2) is 11.4 Å². The SMILES string of the molecule is CCn1nc2c(-c3ccc(Cl)cc3)c(OC)c(=O)n(Cc3ccc(C(F)(F)F)nc3C)n2c1=O. The number of aryl methyl sites for hydroxylation is 2. The minimum Gasteiger partial charge on any atom is -0.490 e. The maximum Gasteiger partial charge on any atom is 0.433 e. The van der Waals surface area contributed by atoms with Gasteiger partial charge in [-0.3, -0.25) is 4.79 Å². The Kier molecular flexibility index (Phi) is 5.98. The smallest absolute Gasteiger partial charge is 0.433 e. The summed E-state index contributed by atoms with van der Waals surface area (Å²) in [5, 5.41) is 4.86. The van der Waals surface area contributed by atoms with Crippen LogP contribution in [0.1, 0.15) is 23.9 Å². The molecule has 0 atom stereocenters. The van der Waals surface area contributed by atoms with Crippen molar-refractivity contribution in [2.24, 2.45) is 0 Å². The maximum atomic E-state index is 13.5. The number of hydrogen-bond acceptors (Lipinski definition) is 5. The summed E-state index contributed by atoms with van der Waals surface area (Å²) in [7, 11) is 1.32. The zero-order valence-corrected chi connectivity index (χ0v) is 19.1. The molecule has 0 aliphatic heterocycles. The van der Waals surface area contributed by atoms with Crippen molar-refractivity contribution in [3.8, 4) is 16.9 Å². The highest BCUT2D eigenvalue weighted by Gasteiger charge is 2.33. The number of methoxy groups -OCH3 is 1. The van der Waals surface area contributed by atoms with E-state index in [-0.39, 0.29) is 30.2 Å². The van der Waals surface area contributed by atoms with Gasteiger partial charge in [-0.1, -0.05) is 29.8 Å². The summed E-state index contributed by atoms with van der Waals surface area (Å²) < 4.78 is 47.9. The molecule has 3 aromatic heterocycles. The minimum absolute atomic E-state index is 0.0689. The van der Waals surface area contributed by atoms with Gasteiger partial charge in [0.05, 0.1) is 19.2 Å². The van der Waals surface area contributed by atoms with Crippen molar-refractivity contribution >= 4 is 17.2 Å². The second-order valence-corrected chi connectivity index (χ2v) is 7.89. The third-order valence-corrected chi connectivity index (χ3v) is 5.63. The molecule has 178 valence electrons. The number of fused-ring (bicyclic) bond motifs is 1. The van der Waals surface area contributed by atoms with Gasteiger partial charge in [0.1, 0.15) is 5.69 Å². The van der Waals surface area contributed by atoms with Gasteiger partial charge in [0.2, 0.25) is 0 Å². The lowest BCUT2D eigenvalue weighted by molar-refractivity contribution is -0.141. The first-order valence-corrected chi connectivity index (χ1v) is 10.5. The normalized spacial score (nSPS) is 11.9. The van der Waals surface area contributed by atoms with E-state index in [0.29, 0.717) is 21.7 Å². The summed E-state index contributed by atoms with van der Waals surface area (Å²) in [6.45, 7) is 3.14. The van der Waals surface area contributed by atoms with E-state index in [0.717, 1.165) is 15.3 Å². The molecule has 0 bridgehead atoms. The number of hydrogen-bond donors (Lipinski definition) is 0. The van der Waals surface area contributed by atoms with Crippen LogP contribution in [0.2, 0.25) is 5.02 Å². The Morgan fingerprint density at radius 3 is 2.32 bits per heavy atom. The Bertz CT molecular complexity index is 1500. The van der Waals surface area contributed by atoms with Crippen LogP contribution in [0.15, 0.2) is 46.0 Å². The van der Waals surface area contributed by atoms with Gasteiger partial charge in [-0.2, -0.15) is 17.7 Å². The third-order valence-electron chi connectivity index (χ3n) is 5.38. The molecule has 0 aliphatic carbocycles. The molecule has 8 nitrogen and oxygen atoms in total. The number of halogens is 4. The third kappa shape index (κ3) is 3.96. The molecule has 0 saturated heterocycles. The summed E-state index contributed by atoms with van der Waals surface area (Å²) in [6.07, 6.45) is -4.60. The molecule has 0 radical (unpaired) electrons. The summed E-state index contributed by atoms with van der Waals surface area (Å²) >= 11 is 6.00. The molecule has 3 heterocycles. The van der Waals surface area contributed by atoms with Crippen LogP contribution < -0.4 is 16.0 Å².